The minimum Gasteiger partial charge on any atom is -0.491 e. The average molecular weight is 392 g/mol. The quantitative estimate of drug-likeness (QED) is 0.564. The zero-order chi connectivity index (χ0) is 21.0. The normalized spacial score (nSPS) is 11.1. The highest BCUT2D eigenvalue weighted by Gasteiger charge is 2.13. The molecule has 0 unspecified atom stereocenters. The molecule has 0 fully saturated rings. The summed E-state index contributed by atoms with van der Waals surface area (Å²) in [6.07, 6.45) is 0. The Morgan fingerprint density at radius 1 is 1.24 bits per heavy atom. The fourth-order valence-corrected chi connectivity index (χ4v) is 3.31. The van der Waals surface area contributed by atoms with Crippen molar-refractivity contribution in [2.75, 3.05) is 6.61 Å². The minimum atomic E-state index is -0.166. The monoisotopic (exact) mass is 391 g/mol. The van der Waals surface area contributed by atoms with Gasteiger partial charge in [-0.1, -0.05) is 44.7 Å². The lowest BCUT2D eigenvalue weighted by atomic mass is 10.0. The topological polar surface area (TPSA) is 56.2 Å². The first-order valence-electron chi connectivity index (χ1n) is 9.98. The van der Waals surface area contributed by atoms with Crippen molar-refractivity contribution in [3.8, 4) is 5.75 Å². The van der Waals surface area contributed by atoms with Gasteiger partial charge in [0.1, 0.15) is 18.2 Å². The number of carbonyl (C=O) groups excluding carboxylic acids is 1. The van der Waals surface area contributed by atoms with Crippen LogP contribution in [0, 0.1) is 6.92 Å². The number of nitrogens with one attached hydrogen (secondary N) is 1. The summed E-state index contributed by atoms with van der Waals surface area (Å²) in [5.74, 6) is 1.97. The number of rotatable bonds is 8. The van der Waals surface area contributed by atoms with Crippen molar-refractivity contribution >= 4 is 16.9 Å². The molecule has 0 atom stereocenters. The molecule has 0 aliphatic heterocycles. The Morgan fingerprint density at radius 2 is 2.00 bits per heavy atom. The van der Waals surface area contributed by atoms with Gasteiger partial charge < -0.3 is 14.6 Å². The summed E-state index contributed by atoms with van der Waals surface area (Å²) in [4.78, 5) is 16.6. The van der Waals surface area contributed by atoms with Crippen LogP contribution in [0.25, 0.3) is 11.0 Å². The molecule has 0 bridgehead atoms. The molecule has 2 aromatic carbocycles. The van der Waals surface area contributed by atoms with Crippen LogP contribution >= 0.6 is 0 Å². The van der Waals surface area contributed by atoms with Crippen LogP contribution in [0.2, 0.25) is 0 Å². The summed E-state index contributed by atoms with van der Waals surface area (Å²) in [5, 5.41) is 2.88. The van der Waals surface area contributed by atoms with Crippen molar-refractivity contribution in [1.29, 1.82) is 0 Å². The van der Waals surface area contributed by atoms with E-state index in [0.29, 0.717) is 31.2 Å². The molecule has 0 aliphatic carbocycles. The second kappa shape index (κ2) is 8.95. The maximum absolute atomic E-state index is 11.9. The van der Waals surface area contributed by atoms with Gasteiger partial charge >= 0.3 is 0 Å². The van der Waals surface area contributed by atoms with Crippen LogP contribution in [0.4, 0.5) is 0 Å². The molecule has 29 heavy (non-hydrogen) atoms. The van der Waals surface area contributed by atoms with Gasteiger partial charge in [0.2, 0.25) is 5.91 Å². The molecule has 0 saturated carbocycles. The van der Waals surface area contributed by atoms with Crippen molar-refractivity contribution in [2.45, 2.75) is 46.7 Å². The van der Waals surface area contributed by atoms with Gasteiger partial charge in [-0.05, 0) is 49.1 Å². The fourth-order valence-electron chi connectivity index (χ4n) is 3.31. The first-order chi connectivity index (χ1) is 13.9. The predicted octanol–water partition coefficient (Wildman–Crippen LogP) is 4.74. The van der Waals surface area contributed by atoms with Crippen LogP contribution in [-0.2, 0) is 17.9 Å². The number of aromatic nitrogens is 2. The van der Waals surface area contributed by atoms with Crippen LogP contribution in [0.5, 0.6) is 5.75 Å². The third-order valence-electron chi connectivity index (χ3n) is 4.89. The van der Waals surface area contributed by atoms with Crippen molar-refractivity contribution < 1.29 is 9.53 Å². The molecule has 0 saturated heterocycles. The Hall–Kier alpha value is -3.08. The van der Waals surface area contributed by atoms with Crippen molar-refractivity contribution in [3.05, 3.63) is 71.6 Å². The molecule has 3 aromatic rings. The number of imidazole rings is 1. The van der Waals surface area contributed by atoms with Crippen LogP contribution in [0.3, 0.4) is 0 Å². The molecule has 152 valence electrons. The SMILES string of the molecule is C=C(C)C(=O)NCc1nc2ccccc2n1CCOc1cc(C)ccc1C(C)C. The molecular weight excluding hydrogens is 362 g/mol. The number of nitrogens with zero attached hydrogens (tertiary/aromatic N) is 2. The zero-order valence-electron chi connectivity index (χ0n) is 17.7. The predicted molar refractivity (Wildman–Crippen MR) is 117 cm³/mol. The molecule has 1 N–H and O–H groups in total. The summed E-state index contributed by atoms with van der Waals surface area (Å²) in [7, 11) is 0. The van der Waals surface area contributed by atoms with E-state index in [2.05, 4.69) is 55.4 Å². The maximum atomic E-state index is 11.9. The number of hydrogen-bond acceptors (Lipinski definition) is 3. The van der Waals surface area contributed by atoms with E-state index in [-0.39, 0.29) is 5.91 Å². The largest absolute Gasteiger partial charge is 0.491 e. The van der Waals surface area contributed by atoms with Crippen LogP contribution in [0.1, 0.15) is 43.6 Å². The third-order valence-corrected chi connectivity index (χ3v) is 4.89. The smallest absolute Gasteiger partial charge is 0.246 e. The van der Waals surface area contributed by atoms with Gasteiger partial charge in [-0.15, -0.1) is 0 Å². The molecule has 5 heteroatoms. The lowest BCUT2D eigenvalue weighted by molar-refractivity contribution is -0.117. The van der Waals surface area contributed by atoms with Crippen LogP contribution in [-0.4, -0.2) is 22.1 Å². The first kappa shape index (κ1) is 20.6. The number of benzene rings is 2. The fraction of sp³-hybridized carbons (Fsp3) is 0.333. The Bertz CT molecular complexity index is 1030. The number of ether oxygens (including phenoxy) is 1. The molecule has 1 amide bonds. The summed E-state index contributed by atoms with van der Waals surface area (Å²) < 4.78 is 8.28. The van der Waals surface area contributed by atoms with E-state index >= 15 is 0 Å². The molecule has 0 spiro atoms. The van der Waals surface area contributed by atoms with E-state index < -0.39 is 0 Å². The first-order valence-corrected chi connectivity index (χ1v) is 9.98. The van der Waals surface area contributed by atoms with Gasteiger partial charge in [-0.2, -0.15) is 0 Å². The number of hydrogen-bond donors (Lipinski definition) is 1. The van der Waals surface area contributed by atoms with Gasteiger partial charge in [-0.25, -0.2) is 4.98 Å². The van der Waals surface area contributed by atoms with Gasteiger partial charge in [-0.3, -0.25) is 4.79 Å². The third kappa shape index (κ3) is 4.86. The Labute approximate surface area is 172 Å². The molecule has 3 rings (SSSR count). The number of aryl methyl sites for hydroxylation is 1. The van der Waals surface area contributed by atoms with Crippen molar-refractivity contribution in [1.82, 2.24) is 14.9 Å². The molecule has 5 nitrogen and oxygen atoms in total. The molecule has 0 radical (unpaired) electrons. The summed E-state index contributed by atoms with van der Waals surface area (Å²) in [5.41, 5.74) is 4.81. The molecule has 0 aliphatic rings. The van der Waals surface area contributed by atoms with E-state index in [1.165, 1.54) is 11.1 Å². The van der Waals surface area contributed by atoms with E-state index in [1.54, 1.807) is 6.92 Å². The number of fused-ring (bicyclic) bond motifs is 1. The Morgan fingerprint density at radius 3 is 2.72 bits per heavy atom. The number of para-hydroxylation sites is 2. The van der Waals surface area contributed by atoms with E-state index in [0.717, 1.165) is 22.6 Å². The molecular formula is C24H29N3O2. The summed E-state index contributed by atoms with van der Waals surface area (Å²) in [6, 6.07) is 14.3. The summed E-state index contributed by atoms with van der Waals surface area (Å²) >= 11 is 0. The Balaban J connectivity index is 1.79. The Kier molecular flexibility index (Phi) is 6.37. The maximum Gasteiger partial charge on any atom is 0.246 e. The number of amides is 1. The van der Waals surface area contributed by atoms with E-state index in [4.69, 9.17) is 9.72 Å². The molecule has 1 aromatic heterocycles. The van der Waals surface area contributed by atoms with Gasteiger partial charge in [0.15, 0.2) is 0 Å². The highest BCUT2D eigenvalue weighted by Crippen LogP contribution is 2.27. The van der Waals surface area contributed by atoms with E-state index in [9.17, 15) is 4.79 Å². The van der Waals surface area contributed by atoms with Crippen molar-refractivity contribution in [2.24, 2.45) is 0 Å². The van der Waals surface area contributed by atoms with Gasteiger partial charge in [0.25, 0.3) is 0 Å². The van der Waals surface area contributed by atoms with Crippen LogP contribution < -0.4 is 10.1 Å². The van der Waals surface area contributed by atoms with Crippen molar-refractivity contribution in [3.63, 3.8) is 0 Å². The second-order valence-electron chi connectivity index (χ2n) is 7.68. The standard InChI is InChI=1S/C24H29N3O2/c1-16(2)19-11-10-18(5)14-22(19)29-13-12-27-21-9-7-6-8-20(21)26-23(27)15-25-24(28)17(3)4/h6-11,14,16H,3,12-13,15H2,1-2,4-5H3,(H,25,28). The van der Waals surface area contributed by atoms with Crippen LogP contribution in [0.15, 0.2) is 54.6 Å². The van der Waals surface area contributed by atoms with Gasteiger partial charge in [0.05, 0.1) is 24.1 Å². The number of carbonyl (C=O) groups is 1. The average Bonchev–Trinajstić information content (AvgIpc) is 3.03. The van der Waals surface area contributed by atoms with E-state index in [1.807, 2.05) is 24.3 Å². The zero-order valence-corrected chi connectivity index (χ0v) is 17.7. The second-order valence-corrected chi connectivity index (χ2v) is 7.68. The highest BCUT2D eigenvalue weighted by molar-refractivity contribution is 5.92. The highest BCUT2D eigenvalue weighted by atomic mass is 16.5. The lowest BCUT2D eigenvalue weighted by Gasteiger charge is -2.16. The molecule has 1 heterocycles. The minimum absolute atomic E-state index is 0.166. The van der Waals surface area contributed by atoms with Gasteiger partial charge in [0, 0.05) is 5.57 Å². The summed E-state index contributed by atoms with van der Waals surface area (Å²) in [6.45, 7) is 13.3. The lowest BCUT2D eigenvalue weighted by Crippen LogP contribution is -2.25.